The summed E-state index contributed by atoms with van der Waals surface area (Å²) in [5, 5.41) is 0. The van der Waals surface area contributed by atoms with Gasteiger partial charge in [-0.3, -0.25) is 14.4 Å². The van der Waals surface area contributed by atoms with Crippen LogP contribution in [-0.2, 0) is 23.9 Å². The van der Waals surface area contributed by atoms with Gasteiger partial charge in [0.25, 0.3) is 0 Å². The molecule has 334 valence electrons. The van der Waals surface area contributed by atoms with E-state index in [9.17, 15) is 14.4 Å². The Bertz CT molecular complexity index is 763. The molecule has 0 heterocycles. The van der Waals surface area contributed by atoms with Crippen LogP contribution in [0.2, 0.25) is 0 Å². The number of unbranched alkanes of at least 4 members (excludes halogenated alkanes) is 24. The summed E-state index contributed by atoms with van der Waals surface area (Å²) in [4.78, 5) is 41.4. The molecule has 0 aliphatic heterocycles. The lowest BCUT2D eigenvalue weighted by Gasteiger charge is -2.25. The number of ether oxygens (including phenoxy) is 2. The molecule has 1 atom stereocenters. The molecular formula is C48H96N2O5S. The number of carbonyl (C=O) groups excluding carboxylic acids is 3. The van der Waals surface area contributed by atoms with E-state index in [2.05, 4.69) is 40.3 Å². The molecule has 0 fully saturated rings. The summed E-state index contributed by atoms with van der Waals surface area (Å²) in [6.45, 7) is 11.4. The smallest absolute Gasteiger partial charge is 0.308 e. The van der Waals surface area contributed by atoms with Gasteiger partial charge in [-0.2, -0.15) is 12.6 Å². The van der Waals surface area contributed by atoms with Gasteiger partial charge in [0, 0.05) is 0 Å². The quantitative estimate of drug-likeness (QED) is 0.0362. The lowest BCUT2D eigenvalue weighted by molar-refractivity contribution is -0.152. The molecule has 0 radical (unpaired) electrons. The van der Waals surface area contributed by atoms with E-state index in [4.69, 9.17) is 15.2 Å². The predicted molar refractivity (Wildman–Crippen MR) is 244 cm³/mol. The van der Waals surface area contributed by atoms with Crippen LogP contribution in [0.5, 0.6) is 0 Å². The van der Waals surface area contributed by atoms with Gasteiger partial charge in [0.2, 0.25) is 5.91 Å². The van der Waals surface area contributed by atoms with Crippen molar-refractivity contribution in [3.63, 3.8) is 0 Å². The van der Waals surface area contributed by atoms with Gasteiger partial charge in [-0.25, -0.2) is 0 Å². The van der Waals surface area contributed by atoms with Crippen LogP contribution in [0, 0.1) is 11.8 Å². The number of nitrogens with two attached hydrogens (primary N) is 1. The summed E-state index contributed by atoms with van der Waals surface area (Å²) < 4.78 is 11.7. The van der Waals surface area contributed by atoms with Crippen molar-refractivity contribution in [2.24, 2.45) is 17.6 Å². The zero-order chi connectivity index (χ0) is 41.9. The van der Waals surface area contributed by atoms with Crippen LogP contribution in [0.25, 0.3) is 0 Å². The highest BCUT2D eigenvalue weighted by molar-refractivity contribution is 7.79. The van der Waals surface area contributed by atoms with E-state index < -0.39 is 6.04 Å². The first-order valence-corrected chi connectivity index (χ1v) is 25.0. The maximum Gasteiger partial charge on any atom is 0.308 e. The van der Waals surface area contributed by atoms with Crippen molar-refractivity contribution in [1.29, 1.82) is 0 Å². The van der Waals surface area contributed by atoms with E-state index in [1.165, 1.54) is 154 Å². The van der Waals surface area contributed by atoms with Gasteiger partial charge in [-0.05, 0) is 38.9 Å². The number of rotatable bonds is 41. The highest BCUT2D eigenvalue weighted by Crippen LogP contribution is 2.23. The van der Waals surface area contributed by atoms with Gasteiger partial charge in [0.05, 0.1) is 31.0 Å². The zero-order valence-electron chi connectivity index (χ0n) is 38.2. The van der Waals surface area contributed by atoms with Gasteiger partial charge in [0.1, 0.15) is 13.2 Å². The molecule has 0 rings (SSSR count). The molecule has 0 aliphatic carbocycles. The summed E-state index contributed by atoms with van der Waals surface area (Å²) in [6.07, 6.45) is 39.6. The summed E-state index contributed by atoms with van der Waals surface area (Å²) in [5.74, 6) is -0.651. The van der Waals surface area contributed by atoms with Gasteiger partial charge in [-0.1, -0.05) is 207 Å². The topological polar surface area (TPSA) is 98.9 Å². The minimum atomic E-state index is -0.679. The number of hydrogen-bond acceptors (Lipinski definition) is 7. The van der Waals surface area contributed by atoms with Gasteiger partial charge < -0.3 is 20.1 Å². The normalized spacial score (nSPS) is 11.8. The summed E-state index contributed by atoms with van der Waals surface area (Å²) >= 11 is 3.53. The van der Waals surface area contributed by atoms with Gasteiger partial charge in [0.15, 0.2) is 0 Å². The predicted octanol–water partition coefficient (Wildman–Crippen LogP) is 13.6. The monoisotopic (exact) mass is 813 g/mol. The summed E-state index contributed by atoms with van der Waals surface area (Å²) in [5.41, 5.74) is 6.01. The Morgan fingerprint density at radius 3 is 0.911 bits per heavy atom. The molecule has 0 aromatic rings. The minimum absolute atomic E-state index is 0.0839. The van der Waals surface area contributed by atoms with Crippen LogP contribution in [0.3, 0.4) is 0 Å². The van der Waals surface area contributed by atoms with Crippen molar-refractivity contribution in [2.75, 3.05) is 32.6 Å². The maximum absolute atomic E-state index is 13.3. The first-order valence-electron chi connectivity index (χ1n) is 24.1. The molecule has 0 bridgehead atoms. The van der Waals surface area contributed by atoms with Crippen molar-refractivity contribution < 1.29 is 23.9 Å². The average molecular weight is 813 g/mol. The molecule has 0 saturated carbocycles. The molecule has 0 aliphatic rings. The summed E-state index contributed by atoms with van der Waals surface area (Å²) in [6, 6.07) is -0.679. The third-order valence-electron chi connectivity index (χ3n) is 11.2. The van der Waals surface area contributed by atoms with Crippen molar-refractivity contribution in [1.82, 2.24) is 4.90 Å². The Balaban J connectivity index is 0. The molecule has 2 N–H and O–H groups in total. The molecule has 0 spiro atoms. The number of hydrogen-bond donors (Lipinski definition) is 2. The zero-order valence-corrected chi connectivity index (χ0v) is 39.1. The lowest BCUT2D eigenvalue weighted by atomic mass is 9.94. The Labute approximate surface area is 354 Å². The first-order chi connectivity index (χ1) is 27.3. The third-order valence-corrected chi connectivity index (χ3v) is 11.2. The molecule has 0 aromatic carbocycles. The largest absolute Gasteiger partial charge is 0.464 e. The molecule has 1 unspecified atom stereocenters. The third kappa shape index (κ3) is 35.8. The number of thiol groups is 1. The molecule has 8 heteroatoms. The number of carbonyl (C=O) groups is 3. The van der Waals surface area contributed by atoms with Crippen LogP contribution in [0.4, 0.5) is 0 Å². The van der Waals surface area contributed by atoms with Crippen LogP contribution >= 0.6 is 12.6 Å². The fourth-order valence-electron chi connectivity index (χ4n) is 7.52. The van der Waals surface area contributed by atoms with E-state index in [0.29, 0.717) is 0 Å². The summed E-state index contributed by atoms with van der Waals surface area (Å²) in [7, 11) is 0. The fourth-order valence-corrected chi connectivity index (χ4v) is 7.52. The van der Waals surface area contributed by atoms with Crippen molar-refractivity contribution in [3.8, 4) is 0 Å². The van der Waals surface area contributed by atoms with Crippen LogP contribution in [-0.4, -0.2) is 61.3 Å². The van der Waals surface area contributed by atoms with E-state index in [0.717, 1.165) is 51.4 Å². The standard InChI is InChI=1S/C47H92N2O5.CH4S/c1-6-10-14-18-22-26-30-34-43(35-31-27-23-19-15-11-7-2)46(51)53-40-38-49(45(50)42(5)48)39-41-54-47(52)44(36-32-28-24-20-16-12-8-3)37-33-29-25-21-17-13-9-4;1-2/h42-44H,6-41,48H2,1-5H3;2H,1H3. The molecule has 1 amide bonds. The van der Waals surface area contributed by atoms with Crippen molar-refractivity contribution in [3.05, 3.63) is 0 Å². The van der Waals surface area contributed by atoms with Crippen molar-refractivity contribution >= 4 is 30.5 Å². The Morgan fingerprint density at radius 2 is 0.679 bits per heavy atom. The fraction of sp³-hybridized carbons (Fsp3) is 0.938. The highest BCUT2D eigenvalue weighted by Gasteiger charge is 2.24. The second-order valence-electron chi connectivity index (χ2n) is 16.5. The molecule has 56 heavy (non-hydrogen) atoms. The van der Waals surface area contributed by atoms with Crippen LogP contribution < -0.4 is 5.73 Å². The van der Waals surface area contributed by atoms with E-state index in [1.807, 2.05) is 0 Å². The van der Waals surface area contributed by atoms with Gasteiger partial charge >= 0.3 is 11.9 Å². The molecule has 7 nitrogen and oxygen atoms in total. The lowest BCUT2D eigenvalue weighted by Crippen LogP contribution is -2.45. The number of esters is 2. The first kappa shape index (κ1) is 56.8. The molecule has 0 aromatic heterocycles. The Morgan fingerprint density at radius 1 is 0.446 bits per heavy atom. The van der Waals surface area contributed by atoms with Gasteiger partial charge in [-0.15, -0.1) is 0 Å². The Hall–Kier alpha value is -1.28. The van der Waals surface area contributed by atoms with Crippen LogP contribution in [0.15, 0.2) is 0 Å². The van der Waals surface area contributed by atoms with E-state index in [-0.39, 0.29) is 56.0 Å². The van der Waals surface area contributed by atoms with Crippen molar-refractivity contribution in [2.45, 2.75) is 246 Å². The van der Waals surface area contributed by atoms with E-state index >= 15 is 0 Å². The number of nitrogens with zero attached hydrogens (tertiary/aromatic N) is 1. The molecule has 0 saturated heterocycles. The number of amides is 1. The molecular weight excluding hydrogens is 717 g/mol. The highest BCUT2D eigenvalue weighted by atomic mass is 32.1. The second kappa shape index (κ2) is 44.8. The van der Waals surface area contributed by atoms with E-state index in [1.54, 1.807) is 18.1 Å². The van der Waals surface area contributed by atoms with Crippen LogP contribution in [0.1, 0.15) is 240 Å². The minimum Gasteiger partial charge on any atom is -0.464 e. The average Bonchev–Trinajstić information content (AvgIpc) is 3.20. The Kier molecular flexibility index (Phi) is 45.5. The second-order valence-corrected chi connectivity index (χ2v) is 16.5. The SMILES string of the molecule is CCCCCCCCCC(CCCCCCCCC)C(=O)OCCN(CCOC(=O)C(CCCCCCCCC)CCCCCCCCC)C(=O)C(C)N.CS. The maximum atomic E-state index is 13.3.